The molecule has 0 unspecified atom stereocenters. The van der Waals surface area contributed by atoms with Gasteiger partial charge in [-0.05, 0) is 96.2 Å². The van der Waals surface area contributed by atoms with Gasteiger partial charge in [0.2, 0.25) is 0 Å². The molecular weight excluding hydrogens is 576 g/mol. The highest BCUT2D eigenvalue weighted by molar-refractivity contribution is 7.91. The lowest BCUT2D eigenvalue weighted by atomic mass is 9.82. The number of halogens is 6. The summed E-state index contributed by atoms with van der Waals surface area (Å²) in [5, 5.41) is 0. The molecule has 3 nitrogen and oxygen atoms in total. The van der Waals surface area contributed by atoms with Crippen LogP contribution in [0.3, 0.4) is 0 Å². The molecule has 0 atom stereocenters. The molecule has 0 spiro atoms. The molecule has 2 aromatic carbocycles. The maximum absolute atomic E-state index is 13.3. The van der Waals surface area contributed by atoms with Crippen LogP contribution >= 0.6 is 0 Å². The first-order valence-electron chi connectivity index (χ1n) is 13.5. The van der Waals surface area contributed by atoms with Crippen molar-refractivity contribution in [1.29, 1.82) is 0 Å². The lowest BCUT2D eigenvalue weighted by Crippen LogP contribution is -2.22. The van der Waals surface area contributed by atoms with Crippen molar-refractivity contribution < 1.29 is 34.8 Å². The van der Waals surface area contributed by atoms with E-state index >= 15 is 0 Å². The standard InChI is InChI=1S/C32H27F6NO2S/c33-31(34,35)27-3-1-2-21(10-15-27)4-5-22-6-8-23(9-7-22)20-42(40,41)28-16-13-24(14-17-28)25-11-12-26-19-39-30(29(26)18-25)32(36,37)38/h2-5,10-18,22-23H,6-9,19-20H2/b5-4+. The molecule has 5 rings (SSSR count). The summed E-state index contributed by atoms with van der Waals surface area (Å²) in [6.45, 7) is -0.0173. The van der Waals surface area contributed by atoms with Crippen molar-refractivity contribution >= 4 is 15.5 Å². The van der Waals surface area contributed by atoms with E-state index < -0.39 is 33.5 Å². The fraction of sp³-hybridized carbons (Fsp3) is 0.312. The van der Waals surface area contributed by atoms with Gasteiger partial charge in [0.25, 0.3) is 0 Å². The molecule has 0 amide bonds. The topological polar surface area (TPSA) is 46.5 Å². The smallest absolute Gasteiger partial charge is 0.275 e. The molecule has 0 bridgehead atoms. The maximum atomic E-state index is 13.3. The minimum Gasteiger partial charge on any atom is -0.275 e. The van der Waals surface area contributed by atoms with E-state index in [1.165, 1.54) is 30.4 Å². The maximum Gasteiger partial charge on any atom is 0.433 e. The van der Waals surface area contributed by atoms with Gasteiger partial charge in [0.05, 0.1) is 22.8 Å². The number of rotatable bonds is 6. The molecule has 1 saturated carbocycles. The van der Waals surface area contributed by atoms with Crippen molar-refractivity contribution in [3.63, 3.8) is 0 Å². The Morgan fingerprint density at radius 2 is 1.55 bits per heavy atom. The summed E-state index contributed by atoms with van der Waals surface area (Å²) < 4.78 is 105. The quantitative estimate of drug-likeness (QED) is 0.246. The van der Waals surface area contributed by atoms with Gasteiger partial charge in [0.1, 0.15) is 5.71 Å². The molecular formula is C32H27F6NO2S. The summed E-state index contributed by atoms with van der Waals surface area (Å²) in [7, 11) is -3.57. The summed E-state index contributed by atoms with van der Waals surface area (Å²) in [4.78, 5) is 3.79. The summed E-state index contributed by atoms with van der Waals surface area (Å²) in [6, 6.07) is 11.0. The van der Waals surface area contributed by atoms with E-state index in [1.54, 1.807) is 30.3 Å². The third-order valence-corrected chi connectivity index (χ3v) is 9.67. The normalized spacial score (nSPS) is 21.1. The van der Waals surface area contributed by atoms with Gasteiger partial charge >= 0.3 is 12.4 Å². The van der Waals surface area contributed by atoms with Gasteiger partial charge in [0.15, 0.2) is 9.84 Å². The van der Waals surface area contributed by atoms with Crippen molar-refractivity contribution in [2.24, 2.45) is 16.8 Å². The van der Waals surface area contributed by atoms with Crippen molar-refractivity contribution in [3.05, 3.63) is 107 Å². The zero-order valence-corrected chi connectivity index (χ0v) is 23.2. The van der Waals surface area contributed by atoms with Crippen molar-refractivity contribution in [3.8, 4) is 11.1 Å². The van der Waals surface area contributed by atoms with E-state index in [-0.39, 0.29) is 34.6 Å². The minimum atomic E-state index is -4.54. The summed E-state index contributed by atoms with van der Waals surface area (Å²) in [5.74, 6) is 0.177. The Balaban J connectivity index is 1.18. The number of nitrogens with zero attached hydrogens (tertiary/aromatic N) is 1. The summed E-state index contributed by atoms with van der Waals surface area (Å²) in [6.07, 6.45) is 2.54. The molecule has 3 aliphatic rings. The first-order chi connectivity index (χ1) is 19.8. The van der Waals surface area contributed by atoms with Crippen LogP contribution in [0.2, 0.25) is 0 Å². The van der Waals surface area contributed by atoms with Crippen LogP contribution in [0, 0.1) is 11.8 Å². The van der Waals surface area contributed by atoms with Gasteiger partial charge in [-0.15, -0.1) is 5.73 Å². The van der Waals surface area contributed by atoms with Crippen LogP contribution < -0.4 is 0 Å². The monoisotopic (exact) mass is 603 g/mol. The predicted octanol–water partition coefficient (Wildman–Crippen LogP) is 8.49. The van der Waals surface area contributed by atoms with E-state index in [4.69, 9.17) is 0 Å². The third-order valence-electron chi connectivity index (χ3n) is 7.77. The van der Waals surface area contributed by atoms with Gasteiger partial charge in [-0.2, -0.15) is 26.3 Å². The number of alkyl halides is 6. The Kier molecular flexibility index (Phi) is 8.23. The van der Waals surface area contributed by atoms with E-state index in [0.29, 0.717) is 35.1 Å². The van der Waals surface area contributed by atoms with E-state index in [1.807, 2.05) is 6.08 Å². The highest BCUT2D eigenvalue weighted by atomic mass is 32.2. The number of hydrogen-bond acceptors (Lipinski definition) is 3. The highest BCUT2D eigenvalue weighted by Gasteiger charge is 2.40. The summed E-state index contributed by atoms with van der Waals surface area (Å²) >= 11 is 0. The first kappa shape index (κ1) is 29.9. The molecule has 1 fully saturated rings. The zero-order valence-electron chi connectivity index (χ0n) is 22.3. The number of benzene rings is 2. The van der Waals surface area contributed by atoms with Crippen LogP contribution in [-0.4, -0.2) is 32.2 Å². The van der Waals surface area contributed by atoms with Crippen molar-refractivity contribution in [1.82, 2.24) is 0 Å². The van der Waals surface area contributed by atoms with Crippen molar-refractivity contribution in [2.45, 2.75) is 49.5 Å². The molecule has 0 radical (unpaired) electrons. The molecule has 10 heteroatoms. The van der Waals surface area contributed by atoms with Crippen LogP contribution in [0.15, 0.2) is 106 Å². The van der Waals surface area contributed by atoms with Crippen LogP contribution in [0.25, 0.3) is 11.1 Å². The Morgan fingerprint density at radius 3 is 2.21 bits per heavy atom. The van der Waals surface area contributed by atoms with Gasteiger partial charge in [-0.25, -0.2) is 8.42 Å². The largest absolute Gasteiger partial charge is 0.433 e. The Bertz CT molecular complexity index is 1640. The zero-order chi connectivity index (χ0) is 30.1. The fourth-order valence-electron chi connectivity index (χ4n) is 5.45. The van der Waals surface area contributed by atoms with Gasteiger partial charge in [-0.1, -0.05) is 42.5 Å². The first-order valence-corrected chi connectivity index (χ1v) is 15.1. The van der Waals surface area contributed by atoms with Crippen molar-refractivity contribution in [2.75, 3.05) is 5.75 Å². The number of aliphatic imine (C=N–C) groups is 1. The predicted molar refractivity (Wildman–Crippen MR) is 150 cm³/mol. The lowest BCUT2D eigenvalue weighted by molar-refractivity contribution is -0.0881. The Labute approximate surface area is 240 Å². The van der Waals surface area contributed by atoms with Gasteiger partial charge in [-0.3, -0.25) is 4.99 Å². The molecule has 2 aromatic rings. The second-order valence-electron chi connectivity index (χ2n) is 10.7. The molecule has 0 N–H and O–H groups in total. The van der Waals surface area contributed by atoms with Gasteiger partial charge in [0, 0.05) is 5.56 Å². The molecule has 1 aliphatic heterocycles. The minimum absolute atomic E-state index is 0.00324. The molecule has 2 aliphatic carbocycles. The summed E-state index contributed by atoms with van der Waals surface area (Å²) in [5.41, 5.74) is 3.20. The number of allylic oxidation sites excluding steroid dienone is 7. The molecule has 1 heterocycles. The fourth-order valence-corrected chi connectivity index (χ4v) is 7.15. The van der Waals surface area contributed by atoms with E-state index in [9.17, 15) is 34.8 Å². The molecule has 0 aromatic heterocycles. The van der Waals surface area contributed by atoms with Crippen LogP contribution in [0.5, 0.6) is 0 Å². The average molecular weight is 604 g/mol. The SMILES string of the molecule is O=S(=O)(CC1CCC(/C=C/C2=CC=C(C(F)(F)F)C=C=C2)CC1)c1ccc(-c2ccc3c(c2)C(C(F)(F)F)=NC3)cc1. The number of hydrogen-bond donors (Lipinski definition) is 0. The Hall–Kier alpha value is -3.62. The number of sulfone groups is 1. The van der Waals surface area contributed by atoms with E-state index in [2.05, 4.69) is 10.7 Å². The highest BCUT2D eigenvalue weighted by Crippen LogP contribution is 2.35. The molecule has 0 saturated heterocycles. The van der Waals surface area contributed by atoms with Crippen LogP contribution in [0.4, 0.5) is 26.3 Å². The second-order valence-corrected chi connectivity index (χ2v) is 12.8. The second kappa shape index (κ2) is 11.6. The lowest BCUT2D eigenvalue weighted by Gasteiger charge is -2.26. The van der Waals surface area contributed by atoms with Gasteiger partial charge < -0.3 is 0 Å². The molecule has 42 heavy (non-hydrogen) atoms. The average Bonchev–Trinajstić information content (AvgIpc) is 3.22. The molecule has 220 valence electrons. The Morgan fingerprint density at radius 1 is 0.857 bits per heavy atom. The third kappa shape index (κ3) is 6.88. The number of fused-ring (bicyclic) bond motifs is 1. The van der Waals surface area contributed by atoms with E-state index in [0.717, 1.165) is 25.0 Å². The van der Waals surface area contributed by atoms with Crippen LogP contribution in [0.1, 0.15) is 36.8 Å². The van der Waals surface area contributed by atoms with Crippen LogP contribution in [-0.2, 0) is 16.4 Å².